The summed E-state index contributed by atoms with van der Waals surface area (Å²) >= 11 is 0. The van der Waals surface area contributed by atoms with Crippen LogP contribution in [0.4, 0.5) is 0 Å². The van der Waals surface area contributed by atoms with Crippen molar-refractivity contribution in [3.63, 3.8) is 0 Å². The summed E-state index contributed by atoms with van der Waals surface area (Å²) < 4.78 is 1.73. The molecule has 1 unspecified atom stereocenters. The Bertz CT molecular complexity index is 622. The monoisotopic (exact) mass is 295 g/mol. The van der Waals surface area contributed by atoms with Crippen LogP contribution >= 0.6 is 0 Å². The first-order valence-electron chi connectivity index (χ1n) is 5.88. The van der Waals surface area contributed by atoms with E-state index in [0.29, 0.717) is 0 Å². The summed E-state index contributed by atoms with van der Waals surface area (Å²) in [6, 6.07) is 11.2. The van der Waals surface area contributed by atoms with Gasteiger partial charge >= 0.3 is 5.97 Å². The average molecular weight is 295 g/mol. The highest BCUT2D eigenvalue weighted by molar-refractivity contribution is 5.77. The molecule has 21 heavy (non-hydrogen) atoms. The van der Waals surface area contributed by atoms with Crippen LogP contribution in [-0.4, -0.2) is 28.0 Å². The normalized spacial score (nSPS) is 11.0. The maximum Gasteiger partial charge on any atom is 0.304 e. The Morgan fingerprint density at radius 3 is 2.38 bits per heavy atom. The summed E-state index contributed by atoms with van der Waals surface area (Å²) in [7, 11) is 0. The number of para-hydroxylation sites is 1. The Balaban J connectivity index is 0.00000200. The summed E-state index contributed by atoms with van der Waals surface area (Å²) in [6.07, 6.45) is 1.29. The van der Waals surface area contributed by atoms with Gasteiger partial charge in [-0.15, -0.1) is 0 Å². The standard InChI is InChI=1S/C14H13NO4.2H2O/c16-13(17)8-11(14(18)19)9-15-7-3-5-10-4-1-2-6-12(10)15;;/h1-7,11H,8-9H2,(H-,16,17,18,19);2*1H2. The zero-order chi connectivity index (χ0) is 13.8. The Morgan fingerprint density at radius 1 is 1.14 bits per heavy atom. The molecule has 7 nitrogen and oxygen atoms in total. The third-order valence-corrected chi connectivity index (χ3v) is 2.96. The Kier molecular flexibility index (Phi) is 6.98. The number of aliphatic carboxylic acids is 2. The minimum atomic E-state index is -1.34. The molecule has 2 aromatic rings. The zero-order valence-electron chi connectivity index (χ0n) is 11.2. The average Bonchev–Trinajstić information content (AvgIpc) is 2.37. The van der Waals surface area contributed by atoms with Crippen molar-refractivity contribution in [2.75, 3.05) is 0 Å². The molecule has 1 aromatic heterocycles. The molecule has 0 aliphatic carbocycles. The van der Waals surface area contributed by atoms with E-state index in [9.17, 15) is 14.7 Å². The number of carboxylic acids is 2. The molecular weight excluding hydrogens is 278 g/mol. The third kappa shape index (κ3) is 4.51. The molecule has 5 N–H and O–H groups in total. The van der Waals surface area contributed by atoms with Gasteiger partial charge in [-0.25, -0.2) is 0 Å². The number of carbonyl (C=O) groups is 2. The van der Waals surface area contributed by atoms with E-state index < -0.39 is 24.3 Å². The maximum atomic E-state index is 11.0. The fourth-order valence-electron chi connectivity index (χ4n) is 2.05. The number of aromatic nitrogens is 1. The van der Waals surface area contributed by atoms with Crippen molar-refractivity contribution in [2.45, 2.75) is 13.0 Å². The molecule has 7 heteroatoms. The van der Waals surface area contributed by atoms with Crippen molar-refractivity contribution >= 4 is 22.8 Å². The minimum absolute atomic E-state index is 0. The second-order valence-electron chi connectivity index (χ2n) is 4.33. The highest BCUT2D eigenvalue weighted by Gasteiger charge is 2.20. The van der Waals surface area contributed by atoms with Gasteiger partial charge in [-0.1, -0.05) is 12.1 Å². The lowest BCUT2D eigenvalue weighted by Gasteiger charge is -2.13. The molecule has 0 aliphatic heterocycles. The van der Waals surface area contributed by atoms with Crippen molar-refractivity contribution in [1.82, 2.24) is 0 Å². The van der Waals surface area contributed by atoms with E-state index in [4.69, 9.17) is 5.11 Å². The number of carboxylic acid groups (broad SMARTS) is 2. The lowest BCUT2D eigenvalue weighted by atomic mass is 10.1. The van der Waals surface area contributed by atoms with Crippen LogP contribution in [-0.2, 0) is 16.1 Å². The van der Waals surface area contributed by atoms with Crippen LogP contribution in [0.5, 0.6) is 0 Å². The first-order valence-corrected chi connectivity index (χ1v) is 5.88. The van der Waals surface area contributed by atoms with Crippen LogP contribution in [0.2, 0.25) is 0 Å². The van der Waals surface area contributed by atoms with Crippen LogP contribution < -0.4 is 9.67 Å². The van der Waals surface area contributed by atoms with Gasteiger partial charge in [0.05, 0.1) is 18.3 Å². The second-order valence-corrected chi connectivity index (χ2v) is 4.33. The summed E-state index contributed by atoms with van der Waals surface area (Å²) in [5.41, 5.74) is 0.863. The van der Waals surface area contributed by atoms with Crippen LogP contribution in [0.15, 0.2) is 42.6 Å². The molecule has 0 aliphatic rings. The quantitative estimate of drug-likeness (QED) is 0.656. The Morgan fingerprint density at radius 2 is 1.76 bits per heavy atom. The molecule has 0 amide bonds. The smallest absolute Gasteiger partial charge is 0.304 e. The van der Waals surface area contributed by atoms with E-state index >= 15 is 0 Å². The van der Waals surface area contributed by atoms with Crippen LogP contribution in [0.3, 0.4) is 0 Å². The van der Waals surface area contributed by atoms with Gasteiger partial charge in [0.1, 0.15) is 0 Å². The van der Waals surface area contributed by atoms with Gasteiger partial charge in [0, 0.05) is 17.5 Å². The number of carbonyl (C=O) groups excluding carboxylic acids is 1. The van der Waals surface area contributed by atoms with Gasteiger partial charge in [-0.2, -0.15) is 4.57 Å². The van der Waals surface area contributed by atoms with E-state index in [1.54, 1.807) is 16.8 Å². The number of rotatable bonds is 5. The van der Waals surface area contributed by atoms with Crippen LogP contribution in [0, 0.1) is 5.92 Å². The SMILES string of the molecule is O.O.O=C(O)CC(C[n+]1cccc2ccccc21)C(=O)[O-]. The molecule has 0 saturated carbocycles. The predicted octanol–water partition coefficient (Wildman–Crippen LogP) is -1.68. The fraction of sp³-hybridized carbons (Fsp3) is 0.214. The van der Waals surface area contributed by atoms with Crippen LogP contribution in [0.1, 0.15) is 6.42 Å². The first kappa shape index (κ1) is 18.5. The molecule has 2 rings (SSSR count). The van der Waals surface area contributed by atoms with E-state index in [1.165, 1.54) is 0 Å². The van der Waals surface area contributed by atoms with Gasteiger partial charge in [-0.3, -0.25) is 4.79 Å². The highest BCUT2D eigenvalue weighted by atomic mass is 16.4. The van der Waals surface area contributed by atoms with Crippen molar-refractivity contribution < 1.29 is 35.3 Å². The Labute approximate surface area is 120 Å². The summed E-state index contributed by atoms with van der Waals surface area (Å²) in [4.78, 5) is 21.7. The molecule has 0 radical (unpaired) electrons. The predicted molar refractivity (Wildman–Crippen MR) is 72.1 cm³/mol. The van der Waals surface area contributed by atoms with E-state index in [0.717, 1.165) is 10.9 Å². The second kappa shape index (κ2) is 7.93. The van der Waals surface area contributed by atoms with Gasteiger partial charge in [0.2, 0.25) is 5.52 Å². The third-order valence-electron chi connectivity index (χ3n) is 2.96. The molecular formula is C14H17NO6. The molecule has 114 valence electrons. The summed E-state index contributed by atoms with van der Waals surface area (Å²) in [5, 5.41) is 20.7. The largest absolute Gasteiger partial charge is 0.550 e. The van der Waals surface area contributed by atoms with Crippen molar-refractivity contribution in [3.8, 4) is 0 Å². The van der Waals surface area contributed by atoms with E-state index in [2.05, 4.69) is 0 Å². The number of nitrogens with zero attached hydrogens (tertiary/aromatic N) is 1. The number of benzene rings is 1. The van der Waals surface area contributed by atoms with Gasteiger partial charge < -0.3 is 26.0 Å². The molecule has 0 saturated heterocycles. The van der Waals surface area contributed by atoms with Crippen molar-refractivity contribution in [3.05, 3.63) is 42.6 Å². The minimum Gasteiger partial charge on any atom is -0.550 e. The molecule has 1 heterocycles. The lowest BCUT2D eigenvalue weighted by molar-refractivity contribution is -0.677. The summed E-state index contributed by atoms with van der Waals surface area (Å²) in [5.74, 6) is -3.54. The lowest BCUT2D eigenvalue weighted by Crippen LogP contribution is -2.45. The molecule has 0 fully saturated rings. The topological polar surface area (TPSA) is 144 Å². The van der Waals surface area contributed by atoms with Crippen LogP contribution in [0.25, 0.3) is 10.9 Å². The summed E-state index contributed by atoms with van der Waals surface area (Å²) in [6.45, 7) is 0.0794. The van der Waals surface area contributed by atoms with Crippen molar-refractivity contribution in [1.29, 1.82) is 0 Å². The number of fused-ring (bicyclic) bond motifs is 1. The zero-order valence-corrected chi connectivity index (χ0v) is 11.2. The number of pyridine rings is 1. The molecule has 0 spiro atoms. The Hall–Kier alpha value is -2.51. The van der Waals surface area contributed by atoms with Gasteiger partial charge in [-0.05, 0) is 12.1 Å². The highest BCUT2D eigenvalue weighted by Crippen LogP contribution is 2.10. The van der Waals surface area contributed by atoms with Crippen molar-refractivity contribution in [2.24, 2.45) is 5.92 Å². The number of hydrogen-bond acceptors (Lipinski definition) is 3. The van der Waals surface area contributed by atoms with Gasteiger partial charge in [0.15, 0.2) is 12.7 Å². The maximum absolute atomic E-state index is 11.0. The molecule has 1 aromatic carbocycles. The molecule has 1 atom stereocenters. The first-order chi connectivity index (χ1) is 9.08. The fourth-order valence-corrected chi connectivity index (χ4v) is 2.05. The number of hydrogen-bond donors (Lipinski definition) is 1. The van der Waals surface area contributed by atoms with E-state index in [1.807, 2.05) is 30.3 Å². The molecule has 0 bridgehead atoms. The van der Waals surface area contributed by atoms with Gasteiger partial charge in [0.25, 0.3) is 0 Å². The van der Waals surface area contributed by atoms with E-state index in [-0.39, 0.29) is 17.5 Å².